The van der Waals surface area contributed by atoms with E-state index in [1.54, 1.807) is 47.5 Å². The highest BCUT2D eigenvalue weighted by Gasteiger charge is 2.34. The SMILES string of the molecule is O=C(Cc1ccc(N2CCOC2=O)cc1)Nc1[nH]nc2c1C(C(=O)c1cccnc1)NC2. The molecule has 3 N–H and O–H groups in total. The summed E-state index contributed by atoms with van der Waals surface area (Å²) in [5.74, 6) is 0.0303. The summed E-state index contributed by atoms with van der Waals surface area (Å²) in [7, 11) is 0. The summed E-state index contributed by atoms with van der Waals surface area (Å²) in [5, 5.41) is 13.0. The van der Waals surface area contributed by atoms with Crippen molar-refractivity contribution in [1.29, 1.82) is 0 Å². The number of ether oxygens (including phenoxy) is 1. The van der Waals surface area contributed by atoms with Gasteiger partial charge in [0.1, 0.15) is 18.5 Å². The highest BCUT2D eigenvalue weighted by atomic mass is 16.6. The summed E-state index contributed by atoms with van der Waals surface area (Å²) >= 11 is 0. The van der Waals surface area contributed by atoms with Gasteiger partial charge in [0.05, 0.1) is 18.7 Å². The predicted molar refractivity (Wildman–Crippen MR) is 114 cm³/mol. The molecule has 2 aromatic heterocycles. The number of carbonyl (C=O) groups is 3. The van der Waals surface area contributed by atoms with E-state index in [9.17, 15) is 14.4 Å². The molecule has 162 valence electrons. The molecule has 2 aliphatic heterocycles. The lowest BCUT2D eigenvalue weighted by atomic mass is 10.0. The number of hydrogen-bond donors (Lipinski definition) is 3. The fourth-order valence-electron chi connectivity index (χ4n) is 3.92. The fraction of sp³-hybridized carbons (Fsp3) is 0.227. The highest BCUT2D eigenvalue weighted by Crippen LogP contribution is 2.32. The molecule has 4 heterocycles. The number of aromatic nitrogens is 3. The van der Waals surface area contributed by atoms with Crippen molar-refractivity contribution in [1.82, 2.24) is 20.5 Å². The molecule has 0 bridgehead atoms. The highest BCUT2D eigenvalue weighted by molar-refractivity contribution is 6.02. The van der Waals surface area contributed by atoms with Gasteiger partial charge in [0.25, 0.3) is 0 Å². The Bertz CT molecular complexity index is 1170. The van der Waals surface area contributed by atoms with Crippen molar-refractivity contribution in [3.63, 3.8) is 0 Å². The number of ketones is 1. The van der Waals surface area contributed by atoms with Gasteiger partial charge in [-0.25, -0.2) is 4.79 Å². The topological polar surface area (TPSA) is 129 Å². The average Bonchev–Trinajstić information content (AvgIpc) is 3.52. The molecule has 10 nitrogen and oxygen atoms in total. The van der Waals surface area contributed by atoms with Crippen LogP contribution in [0.3, 0.4) is 0 Å². The number of amides is 2. The standard InChI is InChI=1S/C22H20N6O4/c29-17(10-13-3-5-15(6-4-13)28-8-9-32-22(28)31)25-21-18-16(26-27-21)12-24-19(18)20(30)14-2-1-7-23-11-14/h1-7,11,19,24H,8-10,12H2,(H2,25,26,27,29). The lowest BCUT2D eigenvalue weighted by Gasteiger charge is -2.14. The Balaban J connectivity index is 1.27. The normalized spacial score (nSPS) is 17.2. The van der Waals surface area contributed by atoms with Gasteiger partial charge in [0, 0.05) is 35.8 Å². The molecule has 1 atom stereocenters. The Morgan fingerprint density at radius 3 is 2.78 bits per heavy atom. The molecule has 2 amide bonds. The average molecular weight is 432 g/mol. The van der Waals surface area contributed by atoms with Crippen LogP contribution < -0.4 is 15.5 Å². The first-order chi connectivity index (χ1) is 15.6. The summed E-state index contributed by atoms with van der Waals surface area (Å²) < 4.78 is 4.94. The van der Waals surface area contributed by atoms with Gasteiger partial charge in [0.2, 0.25) is 5.91 Å². The summed E-state index contributed by atoms with van der Waals surface area (Å²) in [5.41, 5.74) is 3.35. The van der Waals surface area contributed by atoms with E-state index in [0.717, 1.165) is 11.3 Å². The molecule has 0 spiro atoms. The lowest BCUT2D eigenvalue weighted by Crippen LogP contribution is -2.24. The number of cyclic esters (lactones) is 1. The van der Waals surface area contributed by atoms with Crippen LogP contribution in [0.5, 0.6) is 0 Å². The predicted octanol–water partition coefficient (Wildman–Crippen LogP) is 1.97. The molecule has 0 aliphatic carbocycles. The molecule has 0 saturated carbocycles. The number of Topliss-reactive ketones (excluding diaryl/α,β-unsaturated/α-hetero) is 1. The molecule has 1 unspecified atom stereocenters. The quantitative estimate of drug-likeness (QED) is 0.508. The largest absolute Gasteiger partial charge is 0.447 e. The van der Waals surface area contributed by atoms with Crippen molar-refractivity contribution < 1.29 is 19.1 Å². The second-order valence-electron chi connectivity index (χ2n) is 7.54. The van der Waals surface area contributed by atoms with Crippen molar-refractivity contribution in [2.24, 2.45) is 0 Å². The smallest absolute Gasteiger partial charge is 0.414 e. The maximum Gasteiger partial charge on any atom is 0.414 e. The molecule has 32 heavy (non-hydrogen) atoms. The third-order valence-electron chi connectivity index (χ3n) is 5.49. The van der Waals surface area contributed by atoms with Crippen molar-refractivity contribution in [3.8, 4) is 0 Å². The number of pyridine rings is 1. The zero-order valence-electron chi connectivity index (χ0n) is 17.0. The summed E-state index contributed by atoms with van der Waals surface area (Å²) in [4.78, 5) is 42.8. The zero-order chi connectivity index (χ0) is 22.1. The van der Waals surface area contributed by atoms with Crippen LogP contribution in [0.25, 0.3) is 0 Å². The van der Waals surface area contributed by atoms with Gasteiger partial charge in [-0.05, 0) is 29.8 Å². The number of fused-ring (bicyclic) bond motifs is 1. The molecule has 5 rings (SSSR count). The number of carbonyl (C=O) groups excluding carboxylic acids is 3. The van der Waals surface area contributed by atoms with Crippen LogP contribution in [0.15, 0.2) is 48.8 Å². The number of nitrogens with one attached hydrogen (secondary N) is 3. The molecular formula is C22H20N6O4. The Hall–Kier alpha value is -4.05. The maximum absolute atomic E-state index is 12.9. The van der Waals surface area contributed by atoms with E-state index < -0.39 is 6.04 Å². The number of benzene rings is 1. The summed E-state index contributed by atoms with van der Waals surface area (Å²) in [6.07, 6.45) is 2.89. The number of aromatic amines is 1. The third kappa shape index (κ3) is 3.71. The van der Waals surface area contributed by atoms with Gasteiger partial charge in [-0.2, -0.15) is 5.10 Å². The Morgan fingerprint density at radius 1 is 1.22 bits per heavy atom. The number of nitrogens with zero attached hydrogens (tertiary/aromatic N) is 3. The maximum atomic E-state index is 12.9. The van der Waals surface area contributed by atoms with Gasteiger partial charge in [0.15, 0.2) is 5.78 Å². The van der Waals surface area contributed by atoms with E-state index in [-0.39, 0.29) is 24.2 Å². The molecule has 10 heteroatoms. The van der Waals surface area contributed by atoms with Crippen LogP contribution >= 0.6 is 0 Å². The Morgan fingerprint density at radius 2 is 2.06 bits per heavy atom. The van der Waals surface area contributed by atoms with E-state index in [4.69, 9.17) is 4.74 Å². The van der Waals surface area contributed by atoms with Gasteiger partial charge in [-0.15, -0.1) is 0 Å². The van der Waals surface area contributed by atoms with Gasteiger partial charge in [-0.1, -0.05) is 12.1 Å². The molecule has 1 fully saturated rings. The van der Waals surface area contributed by atoms with Gasteiger partial charge in [-0.3, -0.25) is 29.9 Å². The third-order valence-corrected chi connectivity index (χ3v) is 5.49. The lowest BCUT2D eigenvalue weighted by molar-refractivity contribution is -0.115. The molecule has 0 radical (unpaired) electrons. The molecule has 2 aliphatic rings. The number of H-pyrrole nitrogens is 1. The van der Waals surface area contributed by atoms with Crippen LogP contribution in [-0.2, 0) is 22.5 Å². The van der Waals surface area contributed by atoms with Crippen molar-refractivity contribution in [2.45, 2.75) is 19.0 Å². The van der Waals surface area contributed by atoms with Crippen molar-refractivity contribution in [3.05, 3.63) is 71.2 Å². The molecule has 3 aromatic rings. The van der Waals surface area contributed by atoms with Crippen LogP contribution in [0.2, 0.25) is 0 Å². The van der Waals surface area contributed by atoms with E-state index >= 15 is 0 Å². The van der Waals surface area contributed by atoms with Crippen LogP contribution in [0.1, 0.15) is 33.2 Å². The number of anilines is 2. The second kappa shape index (κ2) is 8.23. The van der Waals surface area contributed by atoms with E-state index in [1.165, 1.54) is 6.20 Å². The Kier molecular flexibility index (Phi) is 5.12. The van der Waals surface area contributed by atoms with Crippen LogP contribution in [0.4, 0.5) is 16.3 Å². The van der Waals surface area contributed by atoms with Crippen LogP contribution in [0, 0.1) is 0 Å². The fourth-order valence-corrected chi connectivity index (χ4v) is 3.92. The Labute approximate surface area is 183 Å². The minimum absolute atomic E-state index is 0.132. The van der Waals surface area contributed by atoms with E-state index in [2.05, 4.69) is 25.8 Å². The molecule has 1 aromatic carbocycles. The van der Waals surface area contributed by atoms with E-state index in [1.807, 2.05) is 0 Å². The monoisotopic (exact) mass is 432 g/mol. The first-order valence-electron chi connectivity index (χ1n) is 10.2. The van der Waals surface area contributed by atoms with Crippen molar-refractivity contribution >= 4 is 29.3 Å². The number of rotatable bonds is 6. The van der Waals surface area contributed by atoms with Gasteiger partial charge < -0.3 is 10.1 Å². The minimum Gasteiger partial charge on any atom is -0.447 e. The summed E-state index contributed by atoms with van der Waals surface area (Å²) in [6, 6.07) is 9.98. The zero-order valence-corrected chi connectivity index (χ0v) is 17.0. The molecular weight excluding hydrogens is 412 g/mol. The van der Waals surface area contributed by atoms with Crippen LogP contribution in [-0.4, -0.2) is 46.1 Å². The second-order valence-corrected chi connectivity index (χ2v) is 7.54. The first-order valence-corrected chi connectivity index (χ1v) is 10.2. The van der Waals surface area contributed by atoms with Crippen molar-refractivity contribution in [2.75, 3.05) is 23.4 Å². The summed E-state index contributed by atoms with van der Waals surface area (Å²) in [6.45, 7) is 1.31. The minimum atomic E-state index is -0.609. The first kappa shape index (κ1) is 19.9. The van der Waals surface area contributed by atoms with Gasteiger partial charge >= 0.3 is 6.09 Å². The van der Waals surface area contributed by atoms with E-state index in [0.29, 0.717) is 42.3 Å². The number of hydrogen-bond acceptors (Lipinski definition) is 7. The molecule has 1 saturated heterocycles.